The highest BCUT2D eigenvalue weighted by molar-refractivity contribution is 6.76. The maximum atomic E-state index is 13.8. The number of hydrogen-bond donors (Lipinski definition) is 10. The molecule has 15 N–H and O–H groups in total. The molecule has 113 heavy (non-hydrogen) atoms. The predicted octanol–water partition coefficient (Wildman–Crippen LogP) is 6.25. The van der Waals surface area contributed by atoms with Gasteiger partial charge in [-0.25, -0.2) is 24.7 Å². The van der Waals surface area contributed by atoms with Crippen LogP contribution in [0, 0.1) is 5.92 Å². The van der Waals surface area contributed by atoms with Gasteiger partial charge in [0.2, 0.25) is 35.6 Å². The summed E-state index contributed by atoms with van der Waals surface area (Å²) in [7, 11) is 0.634. The van der Waals surface area contributed by atoms with Gasteiger partial charge >= 0.3 is 11.9 Å². The Hall–Kier alpha value is -10.1. The molecule has 0 saturated heterocycles. The summed E-state index contributed by atoms with van der Waals surface area (Å²) in [6.07, 6.45) is 6.79. The Kier molecular flexibility index (Phi) is 37.8. The van der Waals surface area contributed by atoms with Crippen LogP contribution >= 0.6 is 0 Å². The number of rotatable bonds is 56. The number of nitrogen functional groups attached to an aromatic ring is 4. The Morgan fingerprint density at radius 1 is 0.469 bits per heavy atom. The Morgan fingerprint density at radius 3 is 1.42 bits per heavy atom. The summed E-state index contributed by atoms with van der Waals surface area (Å²) in [5.74, 6) is -1.75. The number of esters is 2. The molecule has 5 aromatic heterocycles. The molecule has 36 nitrogen and oxygen atoms in total. The van der Waals surface area contributed by atoms with Gasteiger partial charge in [-0.3, -0.25) is 24.0 Å². The van der Waals surface area contributed by atoms with Gasteiger partial charge in [-0.05, 0) is 99.1 Å². The van der Waals surface area contributed by atoms with Crippen molar-refractivity contribution in [1.82, 2.24) is 65.5 Å². The fourth-order valence-corrected chi connectivity index (χ4v) is 12.5. The molecule has 7 rings (SSSR count). The lowest BCUT2D eigenvalue weighted by Gasteiger charge is -2.21. The third-order valence-electron chi connectivity index (χ3n) is 17.5. The van der Waals surface area contributed by atoms with Crippen LogP contribution in [0.2, 0.25) is 51.4 Å². The van der Waals surface area contributed by atoms with E-state index in [1.807, 2.05) is 36.0 Å². The minimum Gasteiger partial charge on any atom is -0.466 e. The Labute approximate surface area is 661 Å². The zero-order valence-corrected chi connectivity index (χ0v) is 68.6. The number of carbonyl (C=O) groups excluding carboxylic acids is 6. The second-order valence-corrected chi connectivity index (χ2v) is 40.8. The van der Waals surface area contributed by atoms with Crippen molar-refractivity contribution in [2.45, 2.75) is 141 Å². The molecule has 2 amide bonds. The summed E-state index contributed by atoms with van der Waals surface area (Å²) in [6, 6.07) is 14.4. The average Bonchev–Trinajstić information content (AvgIpc) is 0.812. The molecule has 2 atom stereocenters. The van der Waals surface area contributed by atoms with Crippen LogP contribution in [-0.2, 0) is 65.4 Å². The van der Waals surface area contributed by atoms with Crippen LogP contribution in [0.5, 0.6) is 0 Å². The maximum absolute atomic E-state index is 13.8. The molecular formula is C75H115N23O13Si2. The zero-order chi connectivity index (χ0) is 81.6. The Balaban J connectivity index is 0.859. The van der Waals surface area contributed by atoms with Gasteiger partial charge in [-0.2, -0.15) is 34.9 Å². The first-order valence-corrected chi connectivity index (χ1v) is 45.8. The summed E-state index contributed by atoms with van der Waals surface area (Å²) < 4.78 is 39.2. The number of ether oxygens (including phenoxy) is 7. The number of hydrogen-bond acceptors (Lipinski definition) is 34. The van der Waals surface area contributed by atoms with Crippen molar-refractivity contribution in [2.24, 2.45) is 11.7 Å². The second kappa shape index (κ2) is 47.4. The number of amides is 2. The standard InChI is InChI=1S/C75H115N23O13Si2/c1-97(49-54-47-85-66-62(87-54)64(77)90-71(79)92-66)56-20-15-51(16-21-56)60(100)46-53(69(103)110-42-44-112(3,4)5)19-26-61(101)81-28-12-13-30-83-74-94-73(95-75(96-74)84-31-33-106-35-37-108-39-41-109-40-38-107-36-34-105-32-27-76)82-29-11-9-10-14-58(99)24-25-59(70(104)111-43-45-113(6,7)8)89-68(102)52-17-22-57(23-18-52)98(2)50-55-48-86-67-63(88-55)65(78)91-72(80)93-67/h15-18,20-23,47-48,53,59H,9-14,19,24-46,49-50,76H2,1-8H3,(H,81,101)(H,89,102)(H4,77,79,85,90,92)(H4,78,80,86,91,93)(H3,82,83,84,94,95,96)/t53-,59+/m1/s1. The Morgan fingerprint density at radius 2 is 0.920 bits per heavy atom. The highest BCUT2D eigenvalue weighted by Gasteiger charge is 2.28. The average molecular weight is 1600 g/mol. The van der Waals surface area contributed by atoms with E-state index < -0.39 is 46.0 Å². The second-order valence-electron chi connectivity index (χ2n) is 29.5. The van der Waals surface area contributed by atoms with E-state index in [4.69, 9.17) is 61.8 Å². The van der Waals surface area contributed by atoms with Crippen LogP contribution in [-0.4, -0.2) is 238 Å². The minimum atomic E-state index is -1.56. The first-order chi connectivity index (χ1) is 54.2. The smallest absolute Gasteiger partial charge is 0.328 e. The maximum Gasteiger partial charge on any atom is 0.328 e. The molecular weight excluding hydrogens is 1490 g/mol. The lowest BCUT2D eigenvalue weighted by atomic mass is 9.93. The number of aromatic nitrogens is 11. The van der Waals surface area contributed by atoms with E-state index in [1.54, 1.807) is 48.8 Å². The van der Waals surface area contributed by atoms with Crippen molar-refractivity contribution in [1.29, 1.82) is 0 Å². The van der Waals surface area contributed by atoms with Crippen molar-refractivity contribution in [3.8, 4) is 0 Å². The lowest BCUT2D eigenvalue weighted by molar-refractivity contribution is -0.148. The van der Waals surface area contributed by atoms with Crippen molar-refractivity contribution in [3.05, 3.63) is 83.4 Å². The van der Waals surface area contributed by atoms with Crippen LogP contribution in [0.4, 0.5) is 52.8 Å². The molecule has 5 heterocycles. The number of nitrogens with two attached hydrogens (primary N) is 5. The highest BCUT2D eigenvalue weighted by atomic mass is 28.3. The number of anilines is 9. The number of carbonyl (C=O) groups is 6. The van der Waals surface area contributed by atoms with Crippen LogP contribution in [0.15, 0.2) is 60.9 Å². The van der Waals surface area contributed by atoms with Crippen LogP contribution in [0.25, 0.3) is 22.3 Å². The molecule has 2 aromatic carbocycles. The quantitative estimate of drug-likeness (QED) is 0.00870. The minimum absolute atomic E-state index is 0.00489. The number of nitrogens with one attached hydrogen (secondary N) is 5. The molecule has 7 aromatic rings. The first-order valence-electron chi connectivity index (χ1n) is 38.4. The fourth-order valence-electron chi connectivity index (χ4n) is 11.1. The van der Waals surface area contributed by atoms with E-state index >= 15 is 0 Å². The molecule has 0 radical (unpaired) electrons. The Bertz CT molecular complexity index is 3910. The molecule has 0 spiro atoms. The monoisotopic (exact) mass is 1600 g/mol. The van der Waals surface area contributed by atoms with E-state index in [0.29, 0.717) is 201 Å². The van der Waals surface area contributed by atoms with Gasteiger partial charge in [0.25, 0.3) is 5.91 Å². The number of fused-ring (bicyclic) bond motifs is 2. The number of Topliss-reactive ketones (excluding diaryl/α,β-unsaturated/α-hetero) is 2. The third kappa shape index (κ3) is 34.0. The normalized spacial score (nSPS) is 12.1. The summed E-state index contributed by atoms with van der Waals surface area (Å²) in [6.45, 7) is 20.7. The molecule has 0 bridgehead atoms. The van der Waals surface area contributed by atoms with Crippen molar-refractivity contribution >= 4 is 127 Å². The highest BCUT2D eigenvalue weighted by Crippen LogP contribution is 2.25. The molecule has 0 aliphatic rings. The first kappa shape index (κ1) is 90.1. The molecule has 616 valence electrons. The third-order valence-corrected chi connectivity index (χ3v) is 20.9. The summed E-state index contributed by atoms with van der Waals surface area (Å²) >= 11 is 0. The number of unbranched alkanes of at least 4 members (excludes halogenated alkanes) is 3. The van der Waals surface area contributed by atoms with Crippen LogP contribution in [0.1, 0.15) is 103 Å². The van der Waals surface area contributed by atoms with Gasteiger partial charge < -0.3 is 98.2 Å². The SMILES string of the molecule is CN(Cc1cnc2nc(N)nc(N)c2n1)c1ccc(C(=O)C[C@@H](CCC(=O)NCCCCNc2nc(NCCCCCC(=O)CC[C@H](NC(=O)c3ccc(N(C)Cc4cnc5nc(N)nc(N)c5n4)cc3)C(=O)OCC[Si](C)(C)C)nc(NCCOCCOCCOCCOCCOCCN)n2)C(=O)OCC[Si](C)(C)C)cc1. The summed E-state index contributed by atoms with van der Waals surface area (Å²) in [5.41, 5.74) is 33.7. The largest absolute Gasteiger partial charge is 0.466 e. The van der Waals surface area contributed by atoms with Gasteiger partial charge in [-0.15, -0.1) is 0 Å². The van der Waals surface area contributed by atoms with Crippen molar-refractivity contribution in [2.75, 3.05) is 175 Å². The number of nitrogens with zero attached hydrogens (tertiary/aromatic N) is 13. The van der Waals surface area contributed by atoms with Gasteiger partial charge in [0.15, 0.2) is 39.7 Å². The number of ketones is 2. The van der Waals surface area contributed by atoms with Crippen LogP contribution in [0.3, 0.4) is 0 Å². The predicted molar refractivity (Wildman–Crippen MR) is 440 cm³/mol. The van der Waals surface area contributed by atoms with Gasteiger partial charge in [0.1, 0.15) is 11.8 Å². The van der Waals surface area contributed by atoms with E-state index in [0.717, 1.165) is 23.5 Å². The molecule has 0 unspecified atom stereocenters. The van der Waals surface area contributed by atoms with E-state index in [9.17, 15) is 28.8 Å². The molecule has 38 heteroatoms. The zero-order valence-electron chi connectivity index (χ0n) is 66.6. The van der Waals surface area contributed by atoms with Crippen molar-refractivity contribution < 1.29 is 61.9 Å². The molecule has 0 aliphatic carbocycles. The topological polar surface area (TPSA) is 506 Å². The van der Waals surface area contributed by atoms with Gasteiger partial charge in [0, 0.05) is 111 Å². The fraction of sp³-hybridized carbons (Fsp3) is 0.560. The molecule has 0 fully saturated rings. The van der Waals surface area contributed by atoms with E-state index in [1.165, 1.54) is 0 Å². The molecule has 0 saturated carbocycles. The lowest BCUT2D eigenvalue weighted by Crippen LogP contribution is -2.42. The van der Waals surface area contributed by atoms with E-state index in [-0.39, 0.29) is 98.4 Å². The van der Waals surface area contributed by atoms with E-state index in [2.05, 4.69) is 121 Å². The van der Waals surface area contributed by atoms with Crippen LogP contribution < -0.4 is 65.1 Å². The summed E-state index contributed by atoms with van der Waals surface area (Å²) in [5, 5.41) is 15.6. The summed E-state index contributed by atoms with van der Waals surface area (Å²) in [4.78, 5) is 133. The van der Waals surface area contributed by atoms with Crippen molar-refractivity contribution in [3.63, 3.8) is 0 Å². The van der Waals surface area contributed by atoms with Gasteiger partial charge in [0.05, 0.1) is 122 Å². The number of benzene rings is 2. The molecule has 0 aliphatic heterocycles. The van der Waals surface area contributed by atoms with Gasteiger partial charge in [-0.1, -0.05) is 45.7 Å².